The van der Waals surface area contributed by atoms with Gasteiger partial charge in [-0.05, 0) is 29.8 Å². The Hall–Kier alpha value is -2.71. The Kier molecular flexibility index (Phi) is 5.57. The maximum absolute atomic E-state index is 12.7. The number of rotatable bonds is 7. The molecule has 0 spiro atoms. The van der Waals surface area contributed by atoms with E-state index in [-0.39, 0.29) is 16.5 Å². The van der Waals surface area contributed by atoms with Crippen molar-refractivity contribution in [3.05, 3.63) is 65.3 Å². The predicted molar refractivity (Wildman–Crippen MR) is 103 cm³/mol. The maximum Gasteiger partial charge on any atom is 0.266 e. The summed E-state index contributed by atoms with van der Waals surface area (Å²) in [6.45, 7) is 0.487. The van der Waals surface area contributed by atoms with Crippen molar-refractivity contribution in [1.82, 2.24) is 9.78 Å². The SMILES string of the molecule is COc1ccc(OC)c(S(=O)(=O)Nc2ccn(Cc3ccc(Cl)cc3)n2)c1. The van der Waals surface area contributed by atoms with Crippen LogP contribution in [0.15, 0.2) is 59.6 Å². The number of aromatic nitrogens is 2. The molecule has 0 saturated carbocycles. The molecule has 9 heteroatoms. The van der Waals surface area contributed by atoms with Crippen molar-refractivity contribution in [1.29, 1.82) is 0 Å². The molecule has 0 saturated heterocycles. The number of anilines is 1. The molecule has 3 aromatic rings. The van der Waals surface area contributed by atoms with Gasteiger partial charge in [0.2, 0.25) is 0 Å². The Morgan fingerprint density at radius 3 is 2.48 bits per heavy atom. The van der Waals surface area contributed by atoms with Gasteiger partial charge in [-0.25, -0.2) is 8.42 Å². The highest BCUT2D eigenvalue weighted by Crippen LogP contribution is 2.29. The van der Waals surface area contributed by atoms with Crippen LogP contribution in [0.5, 0.6) is 11.5 Å². The van der Waals surface area contributed by atoms with Crippen molar-refractivity contribution < 1.29 is 17.9 Å². The van der Waals surface area contributed by atoms with E-state index in [1.165, 1.54) is 26.4 Å². The van der Waals surface area contributed by atoms with Crippen LogP contribution in [0.4, 0.5) is 5.82 Å². The lowest BCUT2D eigenvalue weighted by atomic mass is 10.2. The Morgan fingerprint density at radius 1 is 1.07 bits per heavy atom. The summed E-state index contributed by atoms with van der Waals surface area (Å²) in [5.74, 6) is 0.821. The highest BCUT2D eigenvalue weighted by Gasteiger charge is 2.21. The van der Waals surface area contributed by atoms with E-state index in [0.717, 1.165) is 5.56 Å². The smallest absolute Gasteiger partial charge is 0.266 e. The number of nitrogens with zero attached hydrogens (tertiary/aromatic N) is 2. The van der Waals surface area contributed by atoms with Crippen LogP contribution < -0.4 is 14.2 Å². The molecule has 0 unspecified atom stereocenters. The van der Waals surface area contributed by atoms with Gasteiger partial charge >= 0.3 is 0 Å². The van der Waals surface area contributed by atoms with E-state index >= 15 is 0 Å². The average Bonchev–Trinajstić information content (AvgIpc) is 3.09. The molecule has 27 heavy (non-hydrogen) atoms. The van der Waals surface area contributed by atoms with E-state index in [1.54, 1.807) is 35.1 Å². The van der Waals surface area contributed by atoms with E-state index in [0.29, 0.717) is 17.3 Å². The van der Waals surface area contributed by atoms with Crippen LogP contribution in [0.25, 0.3) is 0 Å². The lowest BCUT2D eigenvalue weighted by Gasteiger charge is -2.11. The van der Waals surface area contributed by atoms with Crippen LogP contribution in [-0.4, -0.2) is 32.4 Å². The summed E-state index contributed by atoms with van der Waals surface area (Å²) in [5.41, 5.74) is 0.992. The monoisotopic (exact) mass is 407 g/mol. The first-order valence-electron chi connectivity index (χ1n) is 7.94. The van der Waals surface area contributed by atoms with Gasteiger partial charge in [0.15, 0.2) is 5.82 Å². The predicted octanol–water partition coefficient (Wildman–Crippen LogP) is 3.40. The molecule has 1 aromatic heterocycles. The molecule has 0 atom stereocenters. The van der Waals surface area contributed by atoms with Gasteiger partial charge in [0.05, 0.1) is 20.8 Å². The molecule has 0 aliphatic heterocycles. The Labute approximate surface area is 162 Å². The molecule has 0 aliphatic carbocycles. The van der Waals surface area contributed by atoms with Crippen molar-refractivity contribution in [3.63, 3.8) is 0 Å². The fraction of sp³-hybridized carbons (Fsp3) is 0.167. The summed E-state index contributed by atoms with van der Waals surface area (Å²) in [7, 11) is -1.04. The van der Waals surface area contributed by atoms with Gasteiger partial charge in [0.1, 0.15) is 16.4 Å². The number of hydrogen-bond acceptors (Lipinski definition) is 5. The van der Waals surface area contributed by atoms with Crippen LogP contribution >= 0.6 is 11.6 Å². The van der Waals surface area contributed by atoms with E-state index in [4.69, 9.17) is 21.1 Å². The Balaban J connectivity index is 1.81. The molecular weight excluding hydrogens is 390 g/mol. The first kappa shape index (κ1) is 19.1. The van der Waals surface area contributed by atoms with Gasteiger partial charge in [0.25, 0.3) is 10.0 Å². The molecule has 142 valence electrons. The van der Waals surface area contributed by atoms with Crippen LogP contribution in [0.2, 0.25) is 5.02 Å². The first-order chi connectivity index (χ1) is 12.9. The molecule has 1 N–H and O–H groups in total. The normalized spacial score (nSPS) is 11.2. The van der Waals surface area contributed by atoms with Gasteiger partial charge in [-0.15, -0.1) is 0 Å². The summed E-state index contributed by atoms with van der Waals surface area (Å²) in [6.07, 6.45) is 1.69. The fourth-order valence-electron chi connectivity index (χ4n) is 2.47. The second-order valence-electron chi connectivity index (χ2n) is 5.65. The second kappa shape index (κ2) is 7.89. The third kappa shape index (κ3) is 4.53. The minimum absolute atomic E-state index is 0.0309. The molecule has 2 aromatic carbocycles. The van der Waals surface area contributed by atoms with Crippen molar-refractivity contribution >= 4 is 27.4 Å². The largest absolute Gasteiger partial charge is 0.497 e. The minimum atomic E-state index is -3.90. The quantitative estimate of drug-likeness (QED) is 0.649. The van der Waals surface area contributed by atoms with Crippen molar-refractivity contribution in [2.24, 2.45) is 0 Å². The fourth-order valence-corrected chi connectivity index (χ4v) is 3.78. The number of halogens is 1. The summed E-state index contributed by atoms with van der Waals surface area (Å²) >= 11 is 5.88. The standard InChI is InChI=1S/C18H18ClN3O4S/c1-25-15-7-8-16(26-2)17(11-15)27(23,24)21-18-9-10-22(20-18)12-13-3-5-14(19)6-4-13/h3-11H,12H2,1-2H3,(H,20,21). The topological polar surface area (TPSA) is 82.5 Å². The lowest BCUT2D eigenvalue weighted by molar-refractivity contribution is 0.392. The first-order valence-corrected chi connectivity index (χ1v) is 9.80. The number of methoxy groups -OCH3 is 2. The highest BCUT2D eigenvalue weighted by atomic mass is 35.5. The molecule has 3 rings (SSSR count). The van der Waals surface area contributed by atoms with E-state index in [1.807, 2.05) is 12.1 Å². The maximum atomic E-state index is 12.7. The van der Waals surface area contributed by atoms with Crippen LogP contribution in [0.1, 0.15) is 5.56 Å². The molecular formula is C18H18ClN3O4S. The van der Waals surface area contributed by atoms with Crippen LogP contribution in [0.3, 0.4) is 0 Å². The zero-order valence-corrected chi connectivity index (χ0v) is 16.3. The van der Waals surface area contributed by atoms with Gasteiger partial charge < -0.3 is 9.47 Å². The molecule has 0 bridgehead atoms. The molecule has 7 nitrogen and oxygen atoms in total. The van der Waals surface area contributed by atoms with Gasteiger partial charge in [0, 0.05) is 23.4 Å². The summed E-state index contributed by atoms with van der Waals surface area (Å²) in [5, 5.41) is 4.91. The number of sulfonamides is 1. The Bertz CT molecular complexity index is 1030. The second-order valence-corrected chi connectivity index (χ2v) is 7.73. The van der Waals surface area contributed by atoms with Crippen molar-refractivity contribution in [3.8, 4) is 11.5 Å². The number of ether oxygens (including phenoxy) is 2. The summed E-state index contributed by atoms with van der Waals surface area (Å²) < 4.78 is 39.8. The number of hydrogen-bond donors (Lipinski definition) is 1. The zero-order chi connectivity index (χ0) is 19.4. The van der Waals surface area contributed by atoms with Crippen molar-refractivity contribution in [2.75, 3.05) is 18.9 Å². The number of benzene rings is 2. The highest BCUT2D eigenvalue weighted by molar-refractivity contribution is 7.92. The van der Waals surface area contributed by atoms with Gasteiger partial charge in [-0.1, -0.05) is 23.7 Å². The number of nitrogens with one attached hydrogen (secondary N) is 1. The molecule has 0 aliphatic rings. The molecule has 0 amide bonds. The van der Waals surface area contributed by atoms with Crippen molar-refractivity contribution in [2.45, 2.75) is 11.4 Å². The summed E-state index contributed by atoms with van der Waals surface area (Å²) in [4.78, 5) is -0.0309. The summed E-state index contributed by atoms with van der Waals surface area (Å²) in [6, 6.07) is 13.5. The van der Waals surface area contributed by atoms with Gasteiger partial charge in [-0.3, -0.25) is 9.40 Å². The molecule has 0 radical (unpaired) electrons. The van der Waals surface area contributed by atoms with Gasteiger partial charge in [-0.2, -0.15) is 5.10 Å². The lowest BCUT2D eigenvalue weighted by Crippen LogP contribution is -2.15. The molecule has 1 heterocycles. The third-order valence-electron chi connectivity index (χ3n) is 3.80. The molecule has 0 fully saturated rings. The van der Waals surface area contributed by atoms with Crippen LogP contribution in [-0.2, 0) is 16.6 Å². The zero-order valence-electron chi connectivity index (χ0n) is 14.7. The van der Waals surface area contributed by atoms with E-state index < -0.39 is 10.0 Å². The Morgan fingerprint density at radius 2 is 1.81 bits per heavy atom. The third-order valence-corrected chi connectivity index (χ3v) is 5.43. The minimum Gasteiger partial charge on any atom is -0.497 e. The van der Waals surface area contributed by atoms with Crippen LogP contribution in [0, 0.1) is 0 Å². The van der Waals surface area contributed by atoms with E-state index in [2.05, 4.69) is 9.82 Å². The average molecular weight is 408 g/mol. The van der Waals surface area contributed by atoms with E-state index in [9.17, 15) is 8.42 Å².